The fraction of sp³-hybridized carbons (Fsp3) is 0.500. The maximum Gasteiger partial charge on any atom is 0.342 e. The summed E-state index contributed by atoms with van der Waals surface area (Å²) in [4.78, 5) is 22.3. The summed E-state index contributed by atoms with van der Waals surface area (Å²) in [7, 11) is 1.18. The van der Waals surface area contributed by atoms with Crippen LogP contribution in [-0.2, 0) is 19.1 Å². The molecule has 5 heteroatoms. The van der Waals surface area contributed by atoms with Gasteiger partial charge in [-0.1, -0.05) is 25.7 Å². The Morgan fingerprint density at radius 3 is 2.41 bits per heavy atom. The number of esters is 2. The van der Waals surface area contributed by atoms with Gasteiger partial charge >= 0.3 is 11.9 Å². The zero-order valence-electron chi connectivity index (χ0n) is 10.4. The lowest BCUT2D eigenvalue weighted by atomic mass is 9.91. The van der Waals surface area contributed by atoms with Gasteiger partial charge in [0.2, 0.25) is 0 Å². The molecule has 0 radical (unpaired) electrons. The molecule has 0 bridgehead atoms. The van der Waals surface area contributed by atoms with Gasteiger partial charge < -0.3 is 14.6 Å². The minimum atomic E-state index is -1.79. The molecule has 0 heterocycles. The highest BCUT2D eigenvalue weighted by Crippen LogP contribution is 2.23. The Labute approximate surface area is 101 Å². The van der Waals surface area contributed by atoms with Crippen LogP contribution in [0.15, 0.2) is 24.3 Å². The minimum absolute atomic E-state index is 0.112. The van der Waals surface area contributed by atoms with E-state index in [1.807, 2.05) is 0 Å². The first-order valence-corrected chi connectivity index (χ1v) is 5.18. The molecule has 1 N–H and O–H groups in total. The van der Waals surface area contributed by atoms with Gasteiger partial charge in [-0.2, -0.15) is 0 Å². The number of aliphatic hydroxyl groups is 1. The van der Waals surface area contributed by atoms with E-state index in [9.17, 15) is 14.7 Å². The van der Waals surface area contributed by atoms with E-state index in [0.29, 0.717) is 0 Å². The molecule has 0 aromatic rings. The van der Waals surface area contributed by atoms with E-state index < -0.39 is 17.5 Å². The number of ether oxygens (including phenoxy) is 2. The smallest absolute Gasteiger partial charge is 0.342 e. The van der Waals surface area contributed by atoms with Gasteiger partial charge in [0, 0.05) is 12.5 Å². The average molecular weight is 242 g/mol. The molecular weight excluding hydrogens is 224 g/mol. The van der Waals surface area contributed by atoms with Crippen LogP contribution in [0, 0.1) is 0 Å². The summed E-state index contributed by atoms with van der Waals surface area (Å²) < 4.78 is 9.31. The summed E-state index contributed by atoms with van der Waals surface area (Å²) in [6, 6.07) is 0. The summed E-state index contributed by atoms with van der Waals surface area (Å²) in [5.41, 5.74) is -1.56. The Kier molecular flexibility index (Phi) is 6.20. The summed E-state index contributed by atoms with van der Waals surface area (Å²) in [5.74, 6) is -1.29. The third-order valence-electron chi connectivity index (χ3n) is 2.32. The molecular formula is C12H18O5. The van der Waals surface area contributed by atoms with Gasteiger partial charge in [0.05, 0.1) is 7.11 Å². The van der Waals surface area contributed by atoms with Crippen molar-refractivity contribution in [1.82, 2.24) is 0 Å². The number of hydrogen-bond acceptors (Lipinski definition) is 5. The zero-order valence-corrected chi connectivity index (χ0v) is 10.4. The third-order valence-corrected chi connectivity index (χ3v) is 2.32. The fourth-order valence-electron chi connectivity index (χ4n) is 1.30. The number of hydrogen-bond donors (Lipinski definition) is 1. The van der Waals surface area contributed by atoms with Crippen molar-refractivity contribution in [3.8, 4) is 0 Å². The fourth-order valence-corrected chi connectivity index (χ4v) is 1.30. The second-order valence-corrected chi connectivity index (χ2v) is 3.41. The highest BCUT2D eigenvalue weighted by molar-refractivity contribution is 5.83. The van der Waals surface area contributed by atoms with E-state index in [1.54, 1.807) is 6.92 Å². The first-order valence-electron chi connectivity index (χ1n) is 5.18. The van der Waals surface area contributed by atoms with Gasteiger partial charge in [-0.15, -0.1) is 0 Å². The minimum Gasteiger partial charge on any atom is -0.467 e. The zero-order chi connectivity index (χ0) is 13.5. The molecule has 0 aliphatic rings. The molecule has 0 spiro atoms. The van der Waals surface area contributed by atoms with E-state index >= 15 is 0 Å². The van der Waals surface area contributed by atoms with Crippen LogP contribution in [0.25, 0.3) is 0 Å². The molecule has 1 atom stereocenters. The highest BCUT2D eigenvalue weighted by atomic mass is 16.5. The van der Waals surface area contributed by atoms with Gasteiger partial charge in [0.15, 0.2) is 5.60 Å². The van der Waals surface area contributed by atoms with Crippen molar-refractivity contribution in [3.05, 3.63) is 24.3 Å². The van der Waals surface area contributed by atoms with Crippen LogP contribution in [-0.4, -0.2) is 36.4 Å². The van der Waals surface area contributed by atoms with E-state index in [0.717, 1.165) is 0 Å². The van der Waals surface area contributed by atoms with Crippen LogP contribution in [0.1, 0.15) is 20.3 Å². The second kappa shape index (κ2) is 6.85. The topological polar surface area (TPSA) is 72.8 Å². The highest BCUT2D eigenvalue weighted by Gasteiger charge is 2.39. The summed E-state index contributed by atoms with van der Waals surface area (Å²) in [6.45, 7) is 6.17. The molecule has 5 nitrogen and oxygen atoms in total. The Hall–Kier alpha value is -1.62. The van der Waals surface area contributed by atoms with Crippen LogP contribution >= 0.6 is 0 Å². The standard InChI is InChI=1S/C12H18O5/c1-5-7-10(8-17-9(3)13)12(15,6-2)11(14)16-4/h5,7,15H,1,6,8H2,2-4H3/b10-7+/t12-/m1/s1. The maximum atomic E-state index is 11.5. The molecule has 17 heavy (non-hydrogen) atoms. The van der Waals surface area contributed by atoms with Crippen molar-refractivity contribution in [2.45, 2.75) is 25.9 Å². The van der Waals surface area contributed by atoms with Crippen LogP contribution in [0.2, 0.25) is 0 Å². The lowest BCUT2D eigenvalue weighted by molar-refractivity contribution is -0.160. The molecule has 0 saturated heterocycles. The van der Waals surface area contributed by atoms with E-state index in [-0.39, 0.29) is 18.6 Å². The Morgan fingerprint density at radius 2 is 2.06 bits per heavy atom. The van der Waals surface area contributed by atoms with Crippen molar-refractivity contribution in [1.29, 1.82) is 0 Å². The lowest BCUT2D eigenvalue weighted by Crippen LogP contribution is -2.42. The number of carbonyl (C=O) groups excluding carboxylic acids is 2. The number of methoxy groups -OCH3 is 1. The van der Waals surface area contributed by atoms with Crippen molar-refractivity contribution in [2.75, 3.05) is 13.7 Å². The van der Waals surface area contributed by atoms with Crippen LogP contribution in [0.3, 0.4) is 0 Å². The lowest BCUT2D eigenvalue weighted by Gasteiger charge is -2.26. The maximum absolute atomic E-state index is 11.5. The summed E-state index contributed by atoms with van der Waals surface area (Å²) >= 11 is 0. The first kappa shape index (κ1) is 15.4. The normalized spacial score (nSPS) is 14.7. The molecule has 0 aromatic carbocycles. The predicted octanol–water partition coefficient (Wildman–Crippen LogP) is 0.976. The Balaban J connectivity index is 5.12. The summed E-state index contributed by atoms with van der Waals surface area (Å²) in [5, 5.41) is 10.2. The predicted molar refractivity (Wildman–Crippen MR) is 62.2 cm³/mol. The Bertz CT molecular complexity index is 332. The van der Waals surface area contributed by atoms with Crippen LogP contribution < -0.4 is 0 Å². The molecule has 0 fully saturated rings. The van der Waals surface area contributed by atoms with Crippen molar-refractivity contribution >= 4 is 11.9 Å². The first-order chi connectivity index (χ1) is 7.92. The number of allylic oxidation sites excluding steroid dienone is 2. The van der Waals surface area contributed by atoms with Crippen molar-refractivity contribution in [3.63, 3.8) is 0 Å². The molecule has 0 saturated carbocycles. The number of carbonyl (C=O) groups is 2. The van der Waals surface area contributed by atoms with Crippen molar-refractivity contribution < 1.29 is 24.2 Å². The molecule has 0 amide bonds. The molecule has 0 aromatic heterocycles. The van der Waals surface area contributed by atoms with Gasteiger partial charge in [-0.25, -0.2) is 4.79 Å². The van der Waals surface area contributed by atoms with Gasteiger partial charge in [0.1, 0.15) is 6.61 Å². The van der Waals surface area contributed by atoms with Crippen LogP contribution in [0.4, 0.5) is 0 Å². The largest absolute Gasteiger partial charge is 0.467 e. The molecule has 0 rings (SSSR count). The average Bonchev–Trinajstić information content (AvgIpc) is 2.32. The second-order valence-electron chi connectivity index (χ2n) is 3.41. The SMILES string of the molecule is C=C/C=C(\COC(C)=O)[C@](O)(CC)C(=O)OC. The van der Waals surface area contributed by atoms with E-state index in [4.69, 9.17) is 4.74 Å². The monoisotopic (exact) mass is 242 g/mol. The quantitative estimate of drug-likeness (QED) is 0.555. The van der Waals surface area contributed by atoms with E-state index in [1.165, 1.54) is 26.2 Å². The Morgan fingerprint density at radius 1 is 1.47 bits per heavy atom. The number of rotatable bonds is 6. The molecule has 0 aliphatic heterocycles. The molecule has 0 unspecified atom stereocenters. The third kappa shape index (κ3) is 4.03. The van der Waals surface area contributed by atoms with Gasteiger partial charge in [0.25, 0.3) is 0 Å². The van der Waals surface area contributed by atoms with E-state index in [2.05, 4.69) is 11.3 Å². The van der Waals surface area contributed by atoms with Crippen molar-refractivity contribution in [2.24, 2.45) is 0 Å². The van der Waals surface area contributed by atoms with Gasteiger partial charge in [-0.05, 0) is 6.42 Å². The molecule has 0 aliphatic carbocycles. The molecule has 96 valence electrons. The van der Waals surface area contributed by atoms with Gasteiger partial charge in [-0.3, -0.25) is 4.79 Å². The summed E-state index contributed by atoms with van der Waals surface area (Å²) in [6.07, 6.45) is 2.95. The van der Waals surface area contributed by atoms with Crippen LogP contribution in [0.5, 0.6) is 0 Å².